The summed E-state index contributed by atoms with van der Waals surface area (Å²) in [5, 5.41) is 6.93. The van der Waals surface area contributed by atoms with Crippen molar-refractivity contribution in [2.75, 3.05) is 11.1 Å². The van der Waals surface area contributed by atoms with Crippen LogP contribution in [0.25, 0.3) is 0 Å². The zero-order valence-corrected chi connectivity index (χ0v) is 21.2. The Hall–Kier alpha value is -2.61. The standard InChI is InChI=1S/C26H26N2O2S3/c1-16(24-6-4-12-31-24)22-14-21(26(28-22)17(2)25-7-5-13-32-25)23(30)15-33-20-10-8-19(9-11-20)27-18(3)29/h4-14,16-17,28H,15H2,1-3H3,(H,27,29). The number of hydrogen-bond donors (Lipinski definition) is 2. The average Bonchev–Trinajstić information content (AvgIpc) is 3.58. The van der Waals surface area contributed by atoms with Crippen molar-refractivity contribution in [1.29, 1.82) is 0 Å². The van der Waals surface area contributed by atoms with Gasteiger partial charge in [0, 0.05) is 56.0 Å². The molecule has 1 aromatic carbocycles. The Morgan fingerprint density at radius 3 is 2.18 bits per heavy atom. The topological polar surface area (TPSA) is 62.0 Å². The number of anilines is 1. The van der Waals surface area contributed by atoms with Crippen LogP contribution in [0.15, 0.2) is 70.3 Å². The van der Waals surface area contributed by atoms with E-state index in [-0.39, 0.29) is 23.5 Å². The second-order valence-corrected chi connectivity index (χ2v) is 11.0. The van der Waals surface area contributed by atoms with E-state index in [1.165, 1.54) is 28.4 Å². The monoisotopic (exact) mass is 494 g/mol. The average molecular weight is 495 g/mol. The van der Waals surface area contributed by atoms with E-state index in [1.54, 1.807) is 22.7 Å². The number of H-pyrrole nitrogens is 1. The van der Waals surface area contributed by atoms with E-state index in [1.807, 2.05) is 30.3 Å². The molecule has 4 aromatic rings. The fraction of sp³-hybridized carbons (Fsp3) is 0.231. The number of carbonyl (C=O) groups is 2. The summed E-state index contributed by atoms with van der Waals surface area (Å²) in [6.45, 7) is 5.82. The minimum Gasteiger partial charge on any atom is -0.361 e. The van der Waals surface area contributed by atoms with Gasteiger partial charge in [-0.15, -0.1) is 34.4 Å². The summed E-state index contributed by atoms with van der Waals surface area (Å²) in [6, 6.07) is 18.0. The van der Waals surface area contributed by atoms with Crippen molar-refractivity contribution in [3.8, 4) is 0 Å². The number of Topliss-reactive ketones (excluding diaryl/α,β-unsaturated/α-hetero) is 1. The SMILES string of the molecule is CC(=O)Nc1ccc(SCC(=O)c2cc(C(C)c3cccs3)[nH]c2C(C)c2cccs2)cc1. The van der Waals surface area contributed by atoms with Gasteiger partial charge in [0.05, 0.1) is 5.75 Å². The van der Waals surface area contributed by atoms with Crippen LogP contribution in [-0.2, 0) is 4.79 Å². The van der Waals surface area contributed by atoms with Crippen LogP contribution in [0, 0.1) is 0 Å². The number of aromatic nitrogens is 1. The van der Waals surface area contributed by atoms with Crippen LogP contribution in [0.5, 0.6) is 0 Å². The van der Waals surface area contributed by atoms with E-state index < -0.39 is 0 Å². The van der Waals surface area contributed by atoms with Gasteiger partial charge < -0.3 is 10.3 Å². The molecule has 33 heavy (non-hydrogen) atoms. The number of ketones is 1. The van der Waals surface area contributed by atoms with Gasteiger partial charge in [0.25, 0.3) is 0 Å². The maximum Gasteiger partial charge on any atom is 0.221 e. The highest BCUT2D eigenvalue weighted by molar-refractivity contribution is 8.00. The number of rotatable bonds is 9. The molecule has 0 aliphatic carbocycles. The van der Waals surface area contributed by atoms with Gasteiger partial charge in [0.1, 0.15) is 0 Å². The molecule has 0 saturated heterocycles. The van der Waals surface area contributed by atoms with E-state index in [2.05, 4.69) is 59.2 Å². The lowest BCUT2D eigenvalue weighted by Gasteiger charge is -2.11. The van der Waals surface area contributed by atoms with Crippen molar-refractivity contribution >= 4 is 51.8 Å². The largest absolute Gasteiger partial charge is 0.361 e. The highest BCUT2D eigenvalue weighted by Crippen LogP contribution is 2.35. The van der Waals surface area contributed by atoms with Gasteiger partial charge in [-0.05, 0) is 53.2 Å². The summed E-state index contributed by atoms with van der Waals surface area (Å²) in [4.78, 5) is 31.7. The van der Waals surface area contributed by atoms with Crippen molar-refractivity contribution in [3.63, 3.8) is 0 Å². The molecule has 4 rings (SSSR count). The second kappa shape index (κ2) is 10.5. The molecule has 2 atom stereocenters. The number of benzene rings is 1. The lowest BCUT2D eigenvalue weighted by Crippen LogP contribution is -2.07. The molecule has 2 N–H and O–H groups in total. The Morgan fingerprint density at radius 2 is 1.61 bits per heavy atom. The predicted molar refractivity (Wildman–Crippen MR) is 140 cm³/mol. The van der Waals surface area contributed by atoms with Crippen LogP contribution < -0.4 is 5.32 Å². The van der Waals surface area contributed by atoms with Crippen LogP contribution in [0.1, 0.15) is 64.1 Å². The van der Waals surface area contributed by atoms with Gasteiger partial charge in [0.15, 0.2) is 5.78 Å². The lowest BCUT2D eigenvalue weighted by atomic mass is 10.00. The lowest BCUT2D eigenvalue weighted by molar-refractivity contribution is -0.114. The minimum atomic E-state index is -0.0991. The third kappa shape index (κ3) is 5.66. The van der Waals surface area contributed by atoms with Crippen molar-refractivity contribution in [2.45, 2.75) is 37.5 Å². The summed E-state index contributed by atoms with van der Waals surface area (Å²) < 4.78 is 0. The fourth-order valence-corrected chi connectivity index (χ4v) is 6.11. The van der Waals surface area contributed by atoms with Crippen molar-refractivity contribution in [1.82, 2.24) is 4.98 Å². The van der Waals surface area contributed by atoms with Gasteiger partial charge in [-0.3, -0.25) is 9.59 Å². The van der Waals surface area contributed by atoms with Crippen molar-refractivity contribution < 1.29 is 9.59 Å². The first-order valence-electron chi connectivity index (χ1n) is 10.8. The van der Waals surface area contributed by atoms with Gasteiger partial charge in [-0.2, -0.15) is 0 Å². The van der Waals surface area contributed by atoms with E-state index in [0.717, 1.165) is 27.5 Å². The first-order valence-corrected chi connectivity index (χ1v) is 13.5. The highest BCUT2D eigenvalue weighted by Gasteiger charge is 2.24. The van der Waals surface area contributed by atoms with Crippen molar-refractivity contribution in [2.24, 2.45) is 0 Å². The molecule has 2 unspecified atom stereocenters. The maximum atomic E-state index is 13.4. The quantitative estimate of drug-likeness (QED) is 0.189. The molecule has 0 aliphatic heterocycles. The number of hydrogen-bond acceptors (Lipinski definition) is 5. The minimum absolute atomic E-state index is 0.0991. The third-order valence-electron chi connectivity index (χ3n) is 5.55. The van der Waals surface area contributed by atoms with E-state index in [9.17, 15) is 9.59 Å². The molecule has 4 nitrogen and oxygen atoms in total. The normalized spacial score (nSPS) is 12.9. The molecule has 0 radical (unpaired) electrons. The molecule has 0 bridgehead atoms. The number of thioether (sulfide) groups is 1. The molecule has 0 saturated carbocycles. The van der Waals surface area contributed by atoms with Gasteiger partial charge in [0.2, 0.25) is 5.91 Å². The van der Waals surface area contributed by atoms with Gasteiger partial charge >= 0.3 is 0 Å². The third-order valence-corrected chi connectivity index (χ3v) is 8.68. The summed E-state index contributed by atoms with van der Waals surface area (Å²) >= 11 is 4.96. The predicted octanol–water partition coefficient (Wildman–Crippen LogP) is 7.37. The first-order chi connectivity index (χ1) is 15.9. The Labute approximate surface area is 206 Å². The van der Waals surface area contributed by atoms with Crippen molar-refractivity contribution in [3.05, 3.63) is 92.1 Å². The number of thiophene rings is 2. The molecule has 7 heteroatoms. The molecule has 3 aromatic heterocycles. The zero-order chi connectivity index (χ0) is 23.4. The van der Waals surface area contributed by atoms with E-state index in [0.29, 0.717) is 5.75 Å². The van der Waals surface area contributed by atoms with Crippen LogP contribution in [-0.4, -0.2) is 22.4 Å². The molecular weight excluding hydrogens is 468 g/mol. The Balaban J connectivity index is 1.55. The number of amides is 1. The Kier molecular flexibility index (Phi) is 7.53. The molecule has 3 heterocycles. The first kappa shape index (κ1) is 23.5. The molecule has 1 amide bonds. The number of aromatic amines is 1. The molecule has 0 fully saturated rings. The Bertz CT molecular complexity index is 1210. The highest BCUT2D eigenvalue weighted by atomic mass is 32.2. The summed E-state index contributed by atoms with van der Waals surface area (Å²) in [5.74, 6) is 0.696. The Morgan fingerprint density at radius 1 is 0.970 bits per heavy atom. The van der Waals surface area contributed by atoms with Gasteiger partial charge in [-0.1, -0.05) is 26.0 Å². The molecule has 0 aliphatic rings. The van der Waals surface area contributed by atoms with Gasteiger partial charge in [-0.25, -0.2) is 0 Å². The molecule has 0 spiro atoms. The maximum absolute atomic E-state index is 13.4. The number of carbonyl (C=O) groups excluding carboxylic acids is 2. The second-order valence-electron chi connectivity index (χ2n) is 7.94. The molecular formula is C26H26N2O2S3. The van der Waals surface area contributed by atoms with E-state index >= 15 is 0 Å². The molecule has 170 valence electrons. The van der Waals surface area contributed by atoms with Crippen LogP contribution >= 0.6 is 34.4 Å². The summed E-state index contributed by atoms with van der Waals surface area (Å²) in [6.07, 6.45) is 0. The summed E-state index contributed by atoms with van der Waals surface area (Å²) in [7, 11) is 0. The van der Waals surface area contributed by atoms with Crippen LogP contribution in [0.4, 0.5) is 5.69 Å². The zero-order valence-electron chi connectivity index (χ0n) is 18.8. The number of nitrogens with one attached hydrogen (secondary N) is 2. The van der Waals surface area contributed by atoms with Crippen LogP contribution in [0.2, 0.25) is 0 Å². The summed E-state index contributed by atoms with van der Waals surface area (Å²) in [5.41, 5.74) is 3.59. The van der Waals surface area contributed by atoms with Crippen LogP contribution in [0.3, 0.4) is 0 Å². The smallest absolute Gasteiger partial charge is 0.221 e. The van der Waals surface area contributed by atoms with E-state index in [4.69, 9.17) is 0 Å². The fourth-order valence-electron chi connectivity index (χ4n) is 3.73.